The Morgan fingerprint density at radius 3 is 2.56 bits per heavy atom. The topological polar surface area (TPSA) is 29.1 Å². The van der Waals surface area contributed by atoms with Crippen LogP contribution in [0.5, 0.6) is 0 Å². The second-order valence-electron chi connectivity index (χ2n) is 3.96. The van der Waals surface area contributed by atoms with Crippen molar-refractivity contribution in [3.05, 3.63) is 20.3 Å². The van der Waals surface area contributed by atoms with Gasteiger partial charge in [0.1, 0.15) is 0 Å². The average Bonchev–Trinajstić information content (AvgIpc) is 2.60. The van der Waals surface area contributed by atoms with Crippen LogP contribution in [0.15, 0.2) is 9.85 Å². The Kier molecular flexibility index (Phi) is 5.49. The van der Waals surface area contributed by atoms with Gasteiger partial charge in [0.25, 0.3) is 5.91 Å². The summed E-state index contributed by atoms with van der Waals surface area (Å²) in [6.45, 7) is 7.09. The molecule has 1 rings (SSSR count). The van der Waals surface area contributed by atoms with Crippen molar-refractivity contribution in [1.29, 1.82) is 0 Å². The van der Waals surface area contributed by atoms with E-state index in [0.717, 1.165) is 33.6 Å². The molecule has 1 N–H and O–H groups in total. The molecular formula is C12H18BrNOS. The molecule has 0 aliphatic heterocycles. The molecule has 0 atom stereocenters. The molecular weight excluding hydrogens is 286 g/mol. The largest absolute Gasteiger partial charge is 0.351 e. The van der Waals surface area contributed by atoms with Crippen LogP contribution in [0.4, 0.5) is 0 Å². The molecule has 0 aliphatic carbocycles. The highest BCUT2D eigenvalue weighted by Crippen LogP contribution is 2.27. The van der Waals surface area contributed by atoms with E-state index in [1.807, 2.05) is 13.0 Å². The second kappa shape index (κ2) is 6.40. The summed E-state index contributed by atoms with van der Waals surface area (Å²) in [4.78, 5) is 12.6. The van der Waals surface area contributed by atoms with Gasteiger partial charge >= 0.3 is 0 Å². The van der Waals surface area contributed by atoms with Crippen molar-refractivity contribution in [3.63, 3.8) is 0 Å². The van der Waals surface area contributed by atoms with E-state index in [1.165, 1.54) is 11.3 Å². The Balaban J connectivity index is 2.52. The minimum Gasteiger partial charge on any atom is -0.351 e. The maximum Gasteiger partial charge on any atom is 0.261 e. The van der Waals surface area contributed by atoms with Crippen LogP contribution >= 0.6 is 27.3 Å². The summed E-state index contributed by atoms with van der Waals surface area (Å²) in [5, 5.41) is 2.99. The van der Waals surface area contributed by atoms with E-state index in [2.05, 4.69) is 35.1 Å². The number of carbonyl (C=O) groups is 1. The molecule has 0 spiro atoms. The molecule has 0 aromatic carbocycles. The Bertz CT molecular complexity index is 338. The smallest absolute Gasteiger partial charge is 0.261 e. The number of halogens is 1. The summed E-state index contributed by atoms with van der Waals surface area (Å²) in [5.74, 6) is 0.638. The van der Waals surface area contributed by atoms with Gasteiger partial charge in [0.2, 0.25) is 0 Å². The third kappa shape index (κ3) is 3.59. The van der Waals surface area contributed by atoms with Crippen LogP contribution in [-0.4, -0.2) is 12.5 Å². The average molecular weight is 304 g/mol. The first-order valence-electron chi connectivity index (χ1n) is 5.62. The Hall–Kier alpha value is -0.350. The van der Waals surface area contributed by atoms with Crippen LogP contribution in [0, 0.1) is 12.8 Å². The molecule has 1 heterocycles. The van der Waals surface area contributed by atoms with Crippen molar-refractivity contribution < 1.29 is 4.79 Å². The summed E-state index contributed by atoms with van der Waals surface area (Å²) in [6.07, 6.45) is 2.23. The minimum atomic E-state index is 0.0469. The molecule has 0 saturated heterocycles. The molecule has 1 amide bonds. The van der Waals surface area contributed by atoms with Crippen LogP contribution in [0.25, 0.3) is 0 Å². The molecule has 0 aliphatic rings. The van der Waals surface area contributed by atoms with Gasteiger partial charge in [-0.1, -0.05) is 26.7 Å². The molecule has 1 aromatic heterocycles. The number of nitrogens with one attached hydrogen (secondary N) is 1. The Morgan fingerprint density at radius 2 is 2.12 bits per heavy atom. The predicted molar refractivity (Wildman–Crippen MR) is 73.2 cm³/mol. The normalized spacial score (nSPS) is 10.8. The summed E-state index contributed by atoms with van der Waals surface area (Å²) in [6, 6.07) is 1.93. The van der Waals surface area contributed by atoms with Gasteiger partial charge in [-0.05, 0) is 40.4 Å². The third-order valence-corrected chi connectivity index (χ3v) is 4.92. The van der Waals surface area contributed by atoms with E-state index < -0.39 is 0 Å². The first kappa shape index (κ1) is 13.7. The lowest BCUT2D eigenvalue weighted by Gasteiger charge is -2.12. The number of hydrogen-bond acceptors (Lipinski definition) is 2. The lowest BCUT2D eigenvalue weighted by molar-refractivity contribution is 0.0950. The van der Waals surface area contributed by atoms with Gasteiger partial charge in [0.05, 0.1) is 8.66 Å². The van der Waals surface area contributed by atoms with E-state index in [1.54, 1.807) is 0 Å². The highest BCUT2D eigenvalue weighted by Gasteiger charge is 2.12. The maximum atomic E-state index is 11.8. The number of thiophene rings is 1. The maximum absolute atomic E-state index is 11.8. The summed E-state index contributed by atoms with van der Waals surface area (Å²) < 4.78 is 1.04. The van der Waals surface area contributed by atoms with Crippen LogP contribution in [0.3, 0.4) is 0 Å². The summed E-state index contributed by atoms with van der Waals surface area (Å²) >= 11 is 4.92. The Morgan fingerprint density at radius 1 is 1.50 bits per heavy atom. The van der Waals surface area contributed by atoms with Gasteiger partial charge in [-0.2, -0.15) is 0 Å². The molecule has 16 heavy (non-hydrogen) atoms. The molecule has 90 valence electrons. The molecule has 0 saturated carbocycles. The van der Waals surface area contributed by atoms with Crippen LogP contribution < -0.4 is 5.32 Å². The van der Waals surface area contributed by atoms with Crippen molar-refractivity contribution >= 4 is 33.2 Å². The minimum absolute atomic E-state index is 0.0469. The van der Waals surface area contributed by atoms with Crippen molar-refractivity contribution in [3.8, 4) is 0 Å². The van der Waals surface area contributed by atoms with Gasteiger partial charge < -0.3 is 5.32 Å². The fourth-order valence-electron chi connectivity index (χ4n) is 1.47. The summed E-state index contributed by atoms with van der Waals surface area (Å²) in [7, 11) is 0. The van der Waals surface area contributed by atoms with E-state index in [9.17, 15) is 4.79 Å². The molecule has 2 nitrogen and oxygen atoms in total. The standard InChI is InChI=1S/C12H18BrNOS/c1-4-9(5-2)7-14-12(15)10-6-8(3)11(13)16-10/h6,9H,4-5,7H2,1-3H3,(H,14,15). The molecule has 4 heteroatoms. The number of aryl methyl sites for hydroxylation is 1. The first-order valence-corrected chi connectivity index (χ1v) is 7.23. The molecule has 0 fully saturated rings. The number of hydrogen-bond donors (Lipinski definition) is 1. The van der Waals surface area contributed by atoms with E-state index in [0.29, 0.717) is 5.92 Å². The zero-order valence-corrected chi connectivity index (χ0v) is 12.4. The fraction of sp³-hybridized carbons (Fsp3) is 0.583. The highest BCUT2D eigenvalue weighted by atomic mass is 79.9. The van der Waals surface area contributed by atoms with Crippen molar-refractivity contribution in [2.24, 2.45) is 5.92 Å². The van der Waals surface area contributed by atoms with Crippen LogP contribution in [-0.2, 0) is 0 Å². The van der Waals surface area contributed by atoms with Gasteiger partial charge in [0.15, 0.2) is 0 Å². The number of rotatable bonds is 5. The fourth-order valence-corrected chi connectivity index (χ4v) is 2.92. The zero-order chi connectivity index (χ0) is 12.1. The predicted octanol–water partition coefficient (Wildman–Crippen LogP) is 3.99. The quantitative estimate of drug-likeness (QED) is 0.875. The number of amides is 1. The van der Waals surface area contributed by atoms with E-state index in [-0.39, 0.29) is 5.91 Å². The molecule has 1 aromatic rings. The number of carbonyl (C=O) groups excluding carboxylic acids is 1. The monoisotopic (exact) mass is 303 g/mol. The highest BCUT2D eigenvalue weighted by molar-refractivity contribution is 9.11. The van der Waals surface area contributed by atoms with Crippen molar-refractivity contribution in [2.75, 3.05) is 6.54 Å². The van der Waals surface area contributed by atoms with Crippen molar-refractivity contribution in [2.45, 2.75) is 33.6 Å². The first-order chi connectivity index (χ1) is 7.58. The zero-order valence-electron chi connectivity index (χ0n) is 9.97. The SMILES string of the molecule is CCC(CC)CNC(=O)c1cc(C)c(Br)s1. The van der Waals surface area contributed by atoms with Crippen LogP contribution in [0.2, 0.25) is 0 Å². The van der Waals surface area contributed by atoms with Gasteiger partial charge in [-0.3, -0.25) is 4.79 Å². The van der Waals surface area contributed by atoms with Gasteiger partial charge in [0, 0.05) is 6.54 Å². The van der Waals surface area contributed by atoms with E-state index in [4.69, 9.17) is 0 Å². The lowest BCUT2D eigenvalue weighted by atomic mass is 10.0. The summed E-state index contributed by atoms with van der Waals surface area (Å²) in [5.41, 5.74) is 1.12. The Labute approximate surface area is 110 Å². The van der Waals surface area contributed by atoms with Crippen molar-refractivity contribution in [1.82, 2.24) is 5.32 Å². The van der Waals surface area contributed by atoms with E-state index >= 15 is 0 Å². The lowest BCUT2D eigenvalue weighted by Crippen LogP contribution is -2.28. The van der Waals surface area contributed by atoms with Gasteiger partial charge in [-0.25, -0.2) is 0 Å². The second-order valence-corrected chi connectivity index (χ2v) is 6.33. The van der Waals surface area contributed by atoms with Crippen LogP contribution in [0.1, 0.15) is 41.9 Å². The molecule has 0 bridgehead atoms. The third-order valence-electron chi connectivity index (χ3n) is 2.79. The molecule has 0 radical (unpaired) electrons. The van der Waals surface area contributed by atoms with Gasteiger partial charge in [-0.15, -0.1) is 11.3 Å². The molecule has 0 unspecified atom stereocenters.